The summed E-state index contributed by atoms with van der Waals surface area (Å²) in [5.41, 5.74) is 2.33. The van der Waals surface area contributed by atoms with Gasteiger partial charge in [0.15, 0.2) is 0 Å². The Bertz CT molecular complexity index is 1670. The molecule has 1 aliphatic carbocycles. The molecular formula is C33H31N3O2. The van der Waals surface area contributed by atoms with Crippen molar-refractivity contribution in [2.45, 2.75) is 45.2 Å². The lowest BCUT2D eigenvalue weighted by molar-refractivity contribution is -0.138. The average molecular weight is 502 g/mol. The third-order valence-corrected chi connectivity index (χ3v) is 7.82. The van der Waals surface area contributed by atoms with Crippen molar-refractivity contribution in [2.24, 2.45) is 5.92 Å². The molecule has 1 heterocycles. The Morgan fingerprint density at radius 3 is 2.37 bits per heavy atom. The number of aromatic nitrogens is 2. The van der Waals surface area contributed by atoms with E-state index in [0.29, 0.717) is 23.3 Å². The van der Waals surface area contributed by atoms with E-state index < -0.39 is 6.04 Å². The molecule has 5 heteroatoms. The number of benzene rings is 4. The molecule has 5 aromatic rings. The lowest BCUT2D eigenvalue weighted by Crippen LogP contribution is -2.39. The van der Waals surface area contributed by atoms with Gasteiger partial charge in [0, 0.05) is 12.5 Å². The molecule has 1 unspecified atom stereocenters. The number of para-hydroxylation sites is 1. The first-order chi connectivity index (χ1) is 18.6. The van der Waals surface area contributed by atoms with Crippen LogP contribution in [0, 0.1) is 5.92 Å². The molecule has 1 aliphatic rings. The maximum absolute atomic E-state index is 14.0. The fourth-order valence-corrected chi connectivity index (χ4v) is 5.73. The molecule has 0 bridgehead atoms. The smallest absolute Gasteiger partial charge is 0.266 e. The summed E-state index contributed by atoms with van der Waals surface area (Å²) in [4.78, 5) is 34.9. The Morgan fingerprint density at radius 1 is 0.895 bits per heavy atom. The third-order valence-electron chi connectivity index (χ3n) is 7.82. The summed E-state index contributed by atoms with van der Waals surface area (Å²) in [7, 11) is 0. The molecular weight excluding hydrogens is 470 g/mol. The average Bonchev–Trinajstić information content (AvgIpc) is 3.51. The number of hydrogen-bond acceptors (Lipinski definition) is 3. The molecule has 6 rings (SSSR count). The summed E-state index contributed by atoms with van der Waals surface area (Å²) in [6.45, 7) is 2.47. The molecule has 4 aromatic carbocycles. The molecule has 1 fully saturated rings. The minimum atomic E-state index is -0.410. The quantitative estimate of drug-likeness (QED) is 0.257. The standard InChI is InChI=1S/C33H31N3O2/c1-23(35(22-24-11-3-2-4-12-24)32(37)26-14-6-7-15-26)31-34-30-18-10-9-17-29(30)33(38)36(31)28-20-19-25-13-5-8-16-27(25)21-28/h2-5,8-13,16-21,23,26H,6-7,14-15,22H2,1H3. The van der Waals surface area contributed by atoms with Crippen LogP contribution in [0.25, 0.3) is 27.4 Å². The van der Waals surface area contributed by atoms with Crippen molar-refractivity contribution in [3.8, 4) is 5.69 Å². The van der Waals surface area contributed by atoms with E-state index >= 15 is 0 Å². The first kappa shape index (κ1) is 24.1. The fraction of sp³-hybridized carbons (Fsp3) is 0.242. The van der Waals surface area contributed by atoms with Gasteiger partial charge in [-0.15, -0.1) is 0 Å². The van der Waals surface area contributed by atoms with Crippen LogP contribution in [-0.4, -0.2) is 20.4 Å². The summed E-state index contributed by atoms with van der Waals surface area (Å²) in [5, 5.41) is 2.72. The summed E-state index contributed by atoms with van der Waals surface area (Å²) >= 11 is 0. The van der Waals surface area contributed by atoms with E-state index in [2.05, 4.69) is 6.07 Å². The van der Waals surface area contributed by atoms with Crippen LogP contribution in [0.15, 0.2) is 102 Å². The zero-order valence-corrected chi connectivity index (χ0v) is 21.6. The molecule has 0 spiro atoms. The second-order valence-corrected chi connectivity index (χ2v) is 10.3. The number of hydrogen-bond donors (Lipinski definition) is 0. The lowest BCUT2D eigenvalue weighted by atomic mass is 10.0. The Morgan fingerprint density at radius 2 is 1.58 bits per heavy atom. The Balaban J connectivity index is 1.53. The van der Waals surface area contributed by atoms with E-state index in [1.807, 2.05) is 103 Å². The maximum Gasteiger partial charge on any atom is 0.266 e. The molecule has 0 radical (unpaired) electrons. The Labute approximate surface area is 222 Å². The van der Waals surface area contributed by atoms with Gasteiger partial charge in [0.05, 0.1) is 22.6 Å². The number of carbonyl (C=O) groups excluding carboxylic acids is 1. The first-order valence-electron chi connectivity index (χ1n) is 13.5. The highest BCUT2D eigenvalue weighted by atomic mass is 16.2. The number of rotatable bonds is 6. The minimum Gasteiger partial charge on any atom is -0.328 e. The molecule has 1 amide bonds. The van der Waals surface area contributed by atoms with Crippen LogP contribution in [0.3, 0.4) is 0 Å². The van der Waals surface area contributed by atoms with Gasteiger partial charge < -0.3 is 4.90 Å². The van der Waals surface area contributed by atoms with Crippen LogP contribution in [0.2, 0.25) is 0 Å². The van der Waals surface area contributed by atoms with E-state index in [0.717, 1.165) is 47.7 Å². The van der Waals surface area contributed by atoms with Gasteiger partial charge in [-0.3, -0.25) is 14.2 Å². The first-order valence-corrected chi connectivity index (χ1v) is 13.5. The minimum absolute atomic E-state index is 0.0162. The molecule has 0 aliphatic heterocycles. The molecule has 5 nitrogen and oxygen atoms in total. The van der Waals surface area contributed by atoms with Crippen LogP contribution in [-0.2, 0) is 11.3 Å². The van der Waals surface area contributed by atoms with Crippen LogP contribution in [0.4, 0.5) is 0 Å². The van der Waals surface area contributed by atoms with E-state index in [4.69, 9.17) is 4.98 Å². The van der Waals surface area contributed by atoms with Crippen molar-refractivity contribution >= 4 is 27.6 Å². The number of amides is 1. The molecule has 1 aromatic heterocycles. The van der Waals surface area contributed by atoms with Gasteiger partial charge >= 0.3 is 0 Å². The summed E-state index contributed by atoms with van der Waals surface area (Å²) in [5.74, 6) is 0.736. The van der Waals surface area contributed by atoms with Gasteiger partial charge in [0.2, 0.25) is 5.91 Å². The largest absolute Gasteiger partial charge is 0.328 e. The summed E-state index contributed by atoms with van der Waals surface area (Å²) in [6, 6.07) is 31.3. The second kappa shape index (κ2) is 10.3. The highest BCUT2D eigenvalue weighted by molar-refractivity contribution is 5.85. The number of carbonyl (C=O) groups is 1. The zero-order chi connectivity index (χ0) is 26.1. The van der Waals surface area contributed by atoms with Gasteiger partial charge in [0.1, 0.15) is 5.82 Å². The fourth-order valence-electron chi connectivity index (χ4n) is 5.73. The Hall–Kier alpha value is -4.25. The van der Waals surface area contributed by atoms with Gasteiger partial charge in [0.25, 0.3) is 5.56 Å². The van der Waals surface area contributed by atoms with Gasteiger partial charge in [-0.1, -0.05) is 85.6 Å². The van der Waals surface area contributed by atoms with Crippen molar-refractivity contribution in [3.05, 3.63) is 119 Å². The van der Waals surface area contributed by atoms with Crippen molar-refractivity contribution in [1.82, 2.24) is 14.5 Å². The molecule has 38 heavy (non-hydrogen) atoms. The van der Waals surface area contributed by atoms with Crippen molar-refractivity contribution in [2.75, 3.05) is 0 Å². The van der Waals surface area contributed by atoms with Crippen molar-refractivity contribution in [3.63, 3.8) is 0 Å². The lowest BCUT2D eigenvalue weighted by Gasteiger charge is -2.32. The van der Waals surface area contributed by atoms with E-state index in [1.165, 1.54) is 0 Å². The van der Waals surface area contributed by atoms with E-state index in [9.17, 15) is 9.59 Å². The van der Waals surface area contributed by atoms with Crippen LogP contribution >= 0.6 is 0 Å². The Kier molecular flexibility index (Phi) is 6.50. The molecule has 0 N–H and O–H groups in total. The highest BCUT2D eigenvalue weighted by Crippen LogP contribution is 2.32. The topological polar surface area (TPSA) is 55.2 Å². The van der Waals surface area contributed by atoms with Crippen molar-refractivity contribution in [1.29, 1.82) is 0 Å². The number of fused-ring (bicyclic) bond motifs is 2. The monoisotopic (exact) mass is 501 g/mol. The molecule has 0 saturated heterocycles. The van der Waals surface area contributed by atoms with Gasteiger partial charge in [-0.2, -0.15) is 0 Å². The van der Waals surface area contributed by atoms with Crippen molar-refractivity contribution < 1.29 is 4.79 Å². The molecule has 1 saturated carbocycles. The summed E-state index contributed by atoms with van der Waals surface area (Å²) < 4.78 is 1.71. The van der Waals surface area contributed by atoms with Crippen LogP contribution in [0.5, 0.6) is 0 Å². The van der Waals surface area contributed by atoms with E-state index in [1.54, 1.807) is 4.57 Å². The van der Waals surface area contributed by atoms with Gasteiger partial charge in [-0.05, 0) is 60.4 Å². The number of nitrogens with zero attached hydrogens (tertiary/aromatic N) is 3. The SMILES string of the molecule is CC(c1nc2ccccc2c(=O)n1-c1ccc2ccccc2c1)N(Cc1ccccc1)C(=O)C1CCCC1. The van der Waals surface area contributed by atoms with Crippen LogP contribution in [0.1, 0.15) is 50.0 Å². The van der Waals surface area contributed by atoms with Crippen LogP contribution < -0.4 is 5.56 Å². The second-order valence-electron chi connectivity index (χ2n) is 10.3. The predicted octanol–water partition coefficient (Wildman–Crippen LogP) is 6.82. The van der Waals surface area contributed by atoms with Gasteiger partial charge in [-0.25, -0.2) is 4.98 Å². The highest BCUT2D eigenvalue weighted by Gasteiger charge is 2.33. The summed E-state index contributed by atoms with van der Waals surface area (Å²) in [6.07, 6.45) is 4.00. The predicted molar refractivity (Wildman–Crippen MR) is 152 cm³/mol. The zero-order valence-electron chi connectivity index (χ0n) is 21.6. The normalized spacial score (nSPS) is 14.7. The third kappa shape index (κ3) is 4.49. The molecule has 1 atom stereocenters. The van der Waals surface area contributed by atoms with E-state index in [-0.39, 0.29) is 17.4 Å². The maximum atomic E-state index is 14.0. The molecule has 190 valence electrons.